The van der Waals surface area contributed by atoms with Gasteiger partial charge in [0.15, 0.2) is 33.0 Å². The molecule has 0 spiro atoms. The molecule has 0 atom stereocenters. The summed E-state index contributed by atoms with van der Waals surface area (Å²) < 4.78 is 61.1. The molecular weight excluding hydrogens is 783 g/mol. The first-order chi connectivity index (χ1) is 28.0. The maximum Gasteiger partial charge on any atom is 0.222 e. The number of thioether (sulfide) groups is 1. The molecule has 0 saturated carbocycles. The average Bonchev–Trinajstić information content (AvgIpc) is 3.24. The van der Waals surface area contributed by atoms with Crippen molar-refractivity contribution in [1.29, 1.82) is 0 Å². The molecule has 0 aromatic heterocycles. The number of amides is 2. The lowest BCUT2D eigenvalue weighted by molar-refractivity contribution is -0.133. The maximum atomic E-state index is 13.6. The summed E-state index contributed by atoms with van der Waals surface area (Å²) in [5.41, 5.74) is 2.15. The van der Waals surface area contributed by atoms with Crippen molar-refractivity contribution in [1.82, 2.24) is 19.6 Å². The summed E-state index contributed by atoms with van der Waals surface area (Å²) in [4.78, 5) is 34.8. The molecule has 0 aliphatic carbocycles. The Hall–Kier alpha value is -4.50. The fraction of sp³-hybridized carbons (Fsp3) is 0.409. The highest BCUT2D eigenvalue weighted by atomic mass is 32.2. The Balaban J connectivity index is 0.000000221. The monoisotopic (exact) mass is 836 g/mol. The van der Waals surface area contributed by atoms with E-state index >= 15 is 0 Å². The summed E-state index contributed by atoms with van der Waals surface area (Å²) >= 11 is 1.72. The number of aryl methyl sites for hydroxylation is 2. The molecule has 2 aliphatic heterocycles. The van der Waals surface area contributed by atoms with Gasteiger partial charge in [0, 0.05) is 89.4 Å². The minimum Gasteiger partial charge on any atom is -0.489 e. The van der Waals surface area contributed by atoms with E-state index in [-0.39, 0.29) is 34.1 Å². The molecule has 4 aromatic carbocycles. The van der Waals surface area contributed by atoms with Crippen LogP contribution in [0.2, 0.25) is 0 Å². The lowest BCUT2D eigenvalue weighted by atomic mass is 10.1. The van der Waals surface area contributed by atoms with Crippen molar-refractivity contribution in [2.45, 2.75) is 35.5 Å². The standard InChI is InChI=1S/C22H27FN2O4S.C22H27FN2O2S/c1-30(27,28)19-9-6-18(7-10-19)8-11-22(26)25-14-12-24(13-15-25)16-17-29-21-5-3-2-4-20(21)23;1-28-19-9-6-18(7-10-19)8-11-22(26)25-14-12-24(13-15-25)16-17-27-21-5-3-2-4-20(21)23/h2-7,9-10H,8,11-17H2,1H3;2-7,9-10H,8,11-17H2,1H3. The van der Waals surface area contributed by atoms with E-state index in [2.05, 4.69) is 40.3 Å². The van der Waals surface area contributed by atoms with Gasteiger partial charge in [0.05, 0.1) is 4.90 Å². The molecule has 2 amide bonds. The Kier molecular flexibility index (Phi) is 17.4. The maximum absolute atomic E-state index is 13.6. The van der Waals surface area contributed by atoms with Crippen LogP contribution in [-0.2, 0) is 32.3 Å². The third kappa shape index (κ3) is 14.4. The quantitative estimate of drug-likeness (QED) is 0.124. The number of hydrogen-bond acceptors (Lipinski definition) is 9. The molecule has 6 rings (SSSR count). The van der Waals surface area contributed by atoms with Crippen molar-refractivity contribution >= 4 is 33.4 Å². The van der Waals surface area contributed by atoms with E-state index in [0.717, 1.165) is 57.8 Å². The highest BCUT2D eigenvalue weighted by Crippen LogP contribution is 2.19. The molecule has 2 heterocycles. The summed E-state index contributed by atoms with van der Waals surface area (Å²) in [7, 11) is -3.21. The fourth-order valence-electron chi connectivity index (χ4n) is 6.65. The van der Waals surface area contributed by atoms with Crippen LogP contribution in [0.4, 0.5) is 8.78 Å². The highest BCUT2D eigenvalue weighted by Gasteiger charge is 2.22. The SMILES string of the molecule is CS(=O)(=O)c1ccc(CCC(=O)N2CCN(CCOc3ccccc3F)CC2)cc1.CSc1ccc(CCC(=O)N2CCN(CCOc3ccccc3F)CC2)cc1. The van der Waals surface area contributed by atoms with Gasteiger partial charge in [-0.05, 0) is 78.8 Å². The number of rotatable bonds is 16. The van der Waals surface area contributed by atoms with Crippen molar-refractivity contribution < 1.29 is 36.3 Å². The Morgan fingerprint density at radius 2 is 1.00 bits per heavy atom. The van der Waals surface area contributed by atoms with Crippen LogP contribution in [0, 0.1) is 11.6 Å². The second kappa shape index (κ2) is 22.6. The van der Waals surface area contributed by atoms with Crippen molar-refractivity contribution in [2.75, 3.05) is 91.2 Å². The van der Waals surface area contributed by atoms with E-state index in [0.29, 0.717) is 57.9 Å². The number of carbonyl (C=O) groups excluding carboxylic acids is 2. The Morgan fingerprint density at radius 3 is 1.38 bits per heavy atom. The van der Waals surface area contributed by atoms with E-state index in [9.17, 15) is 26.8 Å². The molecule has 10 nitrogen and oxygen atoms in total. The number of benzene rings is 4. The summed E-state index contributed by atoms with van der Waals surface area (Å²) in [6, 6.07) is 27.9. The van der Waals surface area contributed by atoms with Crippen LogP contribution in [0.15, 0.2) is 107 Å². The molecule has 0 N–H and O–H groups in total. The third-order valence-electron chi connectivity index (χ3n) is 10.2. The van der Waals surface area contributed by atoms with Gasteiger partial charge >= 0.3 is 0 Å². The number of para-hydroxylation sites is 2. The van der Waals surface area contributed by atoms with Gasteiger partial charge in [-0.2, -0.15) is 0 Å². The van der Waals surface area contributed by atoms with Crippen molar-refractivity contribution in [3.8, 4) is 11.5 Å². The Labute approximate surface area is 346 Å². The van der Waals surface area contributed by atoms with Gasteiger partial charge in [-0.3, -0.25) is 19.4 Å². The smallest absolute Gasteiger partial charge is 0.222 e. The minimum atomic E-state index is -3.21. The second-order valence-corrected chi connectivity index (χ2v) is 17.2. The molecule has 0 radical (unpaired) electrons. The molecule has 4 aromatic rings. The molecule has 58 heavy (non-hydrogen) atoms. The van der Waals surface area contributed by atoms with Gasteiger partial charge in [-0.15, -0.1) is 11.8 Å². The fourth-order valence-corrected chi connectivity index (χ4v) is 7.69. The third-order valence-corrected chi connectivity index (χ3v) is 12.1. The van der Waals surface area contributed by atoms with Crippen LogP contribution in [0.5, 0.6) is 11.5 Å². The number of hydrogen-bond donors (Lipinski definition) is 0. The number of ether oxygens (including phenoxy) is 2. The van der Waals surface area contributed by atoms with Crippen molar-refractivity contribution in [3.63, 3.8) is 0 Å². The van der Waals surface area contributed by atoms with E-state index in [4.69, 9.17) is 9.47 Å². The number of piperazine rings is 2. The normalized spacial score (nSPS) is 15.0. The van der Waals surface area contributed by atoms with Gasteiger partial charge in [0.1, 0.15) is 13.2 Å². The van der Waals surface area contributed by atoms with Crippen LogP contribution in [-0.4, -0.2) is 131 Å². The zero-order chi connectivity index (χ0) is 41.3. The molecule has 0 bridgehead atoms. The second-order valence-electron chi connectivity index (χ2n) is 14.3. The topological polar surface area (TPSA) is 99.7 Å². The van der Waals surface area contributed by atoms with Gasteiger partial charge < -0.3 is 19.3 Å². The van der Waals surface area contributed by atoms with Gasteiger partial charge in [-0.1, -0.05) is 48.5 Å². The Morgan fingerprint density at radius 1 is 0.603 bits per heavy atom. The van der Waals surface area contributed by atoms with Crippen LogP contribution in [0.1, 0.15) is 24.0 Å². The van der Waals surface area contributed by atoms with Crippen LogP contribution in [0.25, 0.3) is 0 Å². The molecule has 14 heteroatoms. The first-order valence-corrected chi connectivity index (χ1v) is 22.8. The Bertz CT molecular complexity index is 2010. The van der Waals surface area contributed by atoms with E-state index in [1.807, 2.05) is 9.80 Å². The summed E-state index contributed by atoms with van der Waals surface area (Å²) in [6.45, 7) is 8.24. The first-order valence-electron chi connectivity index (χ1n) is 19.7. The number of carbonyl (C=O) groups is 2. The predicted octanol–water partition coefficient (Wildman–Crippen LogP) is 6.09. The van der Waals surface area contributed by atoms with Gasteiger partial charge in [0.25, 0.3) is 0 Å². The zero-order valence-electron chi connectivity index (χ0n) is 33.4. The van der Waals surface area contributed by atoms with E-state index in [1.165, 1.54) is 28.8 Å². The summed E-state index contributed by atoms with van der Waals surface area (Å²) in [5.74, 6) is 0.179. The average molecular weight is 837 g/mol. The lowest BCUT2D eigenvalue weighted by Gasteiger charge is -2.34. The molecule has 2 aliphatic rings. The first kappa shape index (κ1) is 44.6. The molecular formula is C44H54F2N4O6S2. The van der Waals surface area contributed by atoms with Crippen LogP contribution in [0.3, 0.4) is 0 Å². The predicted molar refractivity (Wildman–Crippen MR) is 224 cm³/mol. The van der Waals surface area contributed by atoms with Gasteiger partial charge in [-0.25, -0.2) is 17.2 Å². The lowest BCUT2D eigenvalue weighted by Crippen LogP contribution is -2.49. The number of sulfone groups is 1. The van der Waals surface area contributed by atoms with Crippen LogP contribution >= 0.6 is 11.8 Å². The summed E-state index contributed by atoms with van der Waals surface area (Å²) in [5, 5.41) is 0. The van der Waals surface area contributed by atoms with Crippen LogP contribution < -0.4 is 9.47 Å². The van der Waals surface area contributed by atoms with E-state index in [1.54, 1.807) is 72.4 Å². The zero-order valence-corrected chi connectivity index (χ0v) is 35.0. The molecule has 2 saturated heterocycles. The number of halogens is 2. The van der Waals surface area contributed by atoms with Gasteiger partial charge in [0.2, 0.25) is 11.8 Å². The highest BCUT2D eigenvalue weighted by molar-refractivity contribution is 7.98. The van der Waals surface area contributed by atoms with Crippen molar-refractivity contribution in [3.05, 3.63) is 120 Å². The minimum absolute atomic E-state index is 0.101. The molecule has 0 unspecified atom stereocenters. The number of nitrogens with zero attached hydrogens (tertiary/aromatic N) is 4. The van der Waals surface area contributed by atoms with Crippen molar-refractivity contribution in [2.24, 2.45) is 0 Å². The van der Waals surface area contributed by atoms with E-state index < -0.39 is 9.84 Å². The largest absolute Gasteiger partial charge is 0.489 e. The molecule has 2 fully saturated rings. The summed E-state index contributed by atoms with van der Waals surface area (Å²) in [6.07, 6.45) is 5.55. The molecule has 312 valence electrons.